The smallest absolute Gasteiger partial charge is 0.252 e. The Hall–Kier alpha value is -1.45. The van der Waals surface area contributed by atoms with Crippen molar-refractivity contribution in [3.8, 4) is 0 Å². The maximum absolute atomic E-state index is 12.6. The average Bonchev–Trinajstić information content (AvgIpc) is 3.02. The molecular weight excluding hydrogens is 394 g/mol. The number of carbonyl (C=O) groups is 1. The molecule has 1 aromatic heterocycles. The highest BCUT2D eigenvalue weighted by Crippen LogP contribution is 2.28. The van der Waals surface area contributed by atoms with Crippen LogP contribution >= 0.6 is 22.9 Å². The molecule has 140 valence electrons. The third-order valence-electron chi connectivity index (χ3n) is 4.14. The molecular formula is C17H20ClN3O3S2. The number of nitrogens with one attached hydrogen (secondary N) is 1. The zero-order chi connectivity index (χ0) is 18.7. The standard InChI is InChI=1S/C17H20ClN3O3S2/c1-13-3-2-4-14(11-13)19-16(22)12-20-7-9-21(10-8-20)26(23,24)17-6-5-15(18)25-17/h2-6,11H,7-10,12H2,1H3,(H,19,22). The summed E-state index contributed by atoms with van der Waals surface area (Å²) < 4.78 is 27.3. The predicted molar refractivity (Wildman–Crippen MR) is 104 cm³/mol. The number of hydrogen-bond donors (Lipinski definition) is 1. The van der Waals surface area contributed by atoms with Gasteiger partial charge in [0.05, 0.1) is 10.9 Å². The van der Waals surface area contributed by atoms with Crippen LogP contribution in [0.1, 0.15) is 5.56 Å². The van der Waals surface area contributed by atoms with Gasteiger partial charge in [-0.1, -0.05) is 23.7 Å². The van der Waals surface area contributed by atoms with E-state index in [0.717, 1.165) is 22.6 Å². The molecule has 1 amide bonds. The fourth-order valence-corrected chi connectivity index (χ4v) is 5.88. The topological polar surface area (TPSA) is 69.7 Å². The van der Waals surface area contributed by atoms with Crippen LogP contribution in [0.5, 0.6) is 0 Å². The first-order valence-corrected chi connectivity index (χ1v) is 10.8. The van der Waals surface area contributed by atoms with Gasteiger partial charge in [-0.25, -0.2) is 8.42 Å². The van der Waals surface area contributed by atoms with Crippen molar-refractivity contribution in [3.63, 3.8) is 0 Å². The van der Waals surface area contributed by atoms with Crippen molar-refractivity contribution in [3.05, 3.63) is 46.3 Å². The largest absolute Gasteiger partial charge is 0.325 e. The number of nitrogens with zero attached hydrogens (tertiary/aromatic N) is 2. The number of anilines is 1. The van der Waals surface area contributed by atoms with Gasteiger partial charge in [0.2, 0.25) is 5.91 Å². The Balaban J connectivity index is 1.53. The second-order valence-electron chi connectivity index (χ2n) is 6.16. The number of carbonyl (C=O) groups excluding carboxylic acids is 1. The summed E-state index contributed by atoms with van der Waals surface area (Å²) in [5.74, 6) is -0.100. The zero-order valence-corrected chi connectivity index (χ0v) is 16.7. The first-order chi connectivity index (χ1) is 12.3. The van der Waals surface area contributed by atoms with E-state index in [9.17, 15) is 13.2 Å². The molecule has 2 aromatic rings. The number of hydrogen-bond acceptors (Lipinski definition) is 5. The van der Waals surface area contributed by atoms with Gasteiger partial charge in [-0.2, -0.15) is 4.31 Å². The summed E-state index contributed by atoms with van der Waals surface area (Å²) in [5, 5.41) is 2.87. The number of benzene rings is 1. The van der Waals surface area contributed by atoms with E-state index in [0.29, 0.717) is 30.5 Å². The van der Waals surface area contributed by atoms with E-state index >= 15 is 0 Å². The van der Waals surface area contributed by atoms with Crippen LogP contribution in [0.4, 0.5) is 5.69 Å². The molecule has 0 saturated carbocycles. The highest BCUT2D eigenvalue weighted by Gasteiger charge is 2.30. The molecule has 26 heavy (non-hydrogen) atoms. The third-order valence-corrected chi connectivity index (χ3v) is 7.74. The number of aryl methyl sites for hydroxylation is 1. The number of sulfonamides is 1. The van der Waals surface area contributed by atoms with E-state index in [2.05, 4.69) is 5.32 Å². The summed E-state index contributed by atoms with van der Waals surface area (Å²) >= 11 is 6.91. The lowest BCUT2D eigenvalue weighted by atomic mass is 10.2. The molecule has 0 spiro atoms. The maximum atomic E-state index is 12.6. The molecule has 6 nitrogen and oxygen atoms in total. The lowest BCUT2D eigenvalue weighted by Crippen LogP contribution is -2.50. The number of halogens is 1. The van der Waals surface area contributed by atoms with Crippen molar-refractivity contribution < 1.29 is 13.2 Å². The highest BCUT2D eigenvalue weighted by atomic mass is 35.5. The summed E-state index contributed by atoms with van der Waals surface area (Å²) in [6.07, 6.45) is 0. The molecule has 0 radical (unpaired) electrons. The van der Waals surface area contributed by atoms with E-state index in [4.69, 9.17) is 11.6 Å². The van der Waals surface area contributed by atoms with Gasteiger partial charge in [0, 0.05) is 31.9 Å². The highest BCUT2D eigenvalue weighted by molar-refractivity contribution is 7.91. The number of piperazine rings is 1. The van der Waals surface area contributed by atoms with Gasteiger partial charge in [0.1, 0.15) is 4.21 Å². The Kier molecular flexibility index (Phi) is 5.99. The molecule has 1 aliphatic rings. The summed E-state index contributed by atoms with van der Waals surface area (Å²) in [5.41, 5.74) is 1.85. The van der Waals surface area contributed by atoms with Crippen LogP contribution in [-0.4, -0.2) is 56.3 Å². The molecule has 1 fully saturated rings. The van der Waals surface area contributed by atoms with Crippen molar-refractivity contribution in [2.75, 3.05) is 38.0 Å². The van der Waals surface area contributed by atoms with Crippen LogP contribution in [0.3, 0.4) is 0 Å². The van der Waals surface area contributed by atoms with E-state index in [1.807, 2.05) is 36.1 Å². The second-order valence-corrected chi connectivity index (χ2v) is 10.0. The molecule has 9 heteroatoms. The zero-order valence-electron chi connectivity index (χ0n) is 14.3. The normalized spacial score (nSPS) is 16.5. The molecule has 1 saturated heterocycles. The molecule has 0 atom stereocenters. The SMILES string of the molecule is Cc1cccc(NC(=O)CN2CCN(S(=O)(=O)c3ccc(Cl)s3)CC2)c1. The fraction of sp³-hybridized carbons (Fsp3) is 0.353. The van der Waals surface area contributed by atoms with E-state index in [1.165, 1.54) is 10.4 Å². The molecule has 0 aliphatic carbocycles. The Bertz CT molecular complexity index is 890. The van der Waals surface area contributed by atoms with Crippen molar-refractivity contribution >= 4 is 44.6 Å². The summed E-state index contributed by atoms with van der Waals surface area (Å²) in [4.78, 5) is 14.2. The third kappa shape index (κ3) is 4.63. The minimum absolute atomic E-state index is 0.100. The minimum Gasteiger partial charge on any atom is -0.325 e. The monoisotopic (exact) mass is 413 g/mol. The van der Waals surface area contributed by atoms with Gasteiger partial charge in [-0.15, -0.1) is 11.3 Å². The summed E-state index contributed by atoms with van der Waals surface area (Å²) in [6.45, 7) is 3.95. The molecule has 1 aliphatic heterocycles. The fourth-order valence-electron chi connectivity index (χ4n) is 2.82. The Morgan fingerprint density at radius 3 is 2.54 bits per heavy atom. The predicted octanol–water partition coefficient (Wildman–Crippen LogP) is 2.65. The van der Waals surface area contributed by atoms with Gasteiger partial charge in [0.25, 0.3) is 10.0 Å². The first kappa shape index (κ1) is 19.3. The van der Waals surface area contributed by atoms with Crippen LogP contribution in [0.25, 0.3) is 0 Å². The van der Waals surface area contributed by atoms with E-state index < -0.39 is 10.0 Å². The summed E-state index contributed by atoms with van der Waals surface area (Å²) in [6, 6.07) is 10.7. The Morgan fingerprint density at radius 2 is 1.92 bits per heavy atom. The molecule has 1 aromatic carbocycles. The van der Waals surface area contributed by atoms with Gasteiger partial charge in [-0.3, -0.25) is 9.69 Å². The van der Waals surface area contributed by atoms with Crippen LogP contribution in [0.2, 0.25) is 4.34 Å². The van der Waals surface area contributed by atoms with Crippen molar-refractivity contribution in [2.45, 2.75) is 11.1 Å². The lowest BCUT2D eigenvalue weighted by Gasteiger charge is -2.33. The lowest BCUT2D eigenvalue weighted by molar-refractivity contribution is -0.117. The van der Waals surface area contributed by atoms with E-state index in [1.54, 1.807) is 6.07 Å². The minimum atomic E-state index is -3.51. The Labute approximate surface area is 162 Å². The molecule has 2 heterocycles. The molecule has 0 unspecified atom stereocenters. The van der Waals surface area contributed by atoms with Gasteiger partial charge >= 0.3 is 0 Å². The molecule has 0 bridgehead atoms. The van der Waals surface area contributed by atoms with Crippen molar-refractivity contribution in [2.24, 2.45) is 0 Å². The van der Waals surface area contributed by atoms with Crippen LogP contribution in [0, 0.1) is 6.92 Å². The molecule has 1 N–H and O–H groups in total. The van der Waals surface area contributed by atoms with Crippen molar-refractivity contribution in [1.29, 1.82) is 0 Å². The number of amides is 1. The first-order valence-electron chi connectivity index (χ1n) is 8.19. The average molecular weight is 414 g/mol. The quantitative estimate of drug-likeness (QED) is 0.818. The summed E-state index contributed by atoms with van der Waals surface area (Å²) in [7, 11) is -3.51. The van der Waals surface area contributed by atoms with E-state index in [-0.39, 0.29) is 16.7 Å². The van der Waals surface area contributed by atoms with Crippen LogP contribution in [-0.2, 0) is 14.8 Å². The van der Waals surface area contributed by atoms with Gasteiger partial charge in [-0.05, 0) is 36.8 Å². The Morgan fingerprint density at radius 1 is 1.19 bits per heavy atom. The van der Waals surface area contributed by atoms with Crippen LogP contribution in [0.15, 0.2) is 40.6 Å². The maximum Gasteiger partial charge on any atom is 0.252 e. The molecule has 3 rings (SSSR count). The van der Waals surface area contributed by atoms with Crippen molar-refractivity contribution in [1.82, 2.24) is 9.21 Å². The van der Waals surface area contributed by atoms with Gasteiger partial charge < -0.3 is 5.32 Å². The van der Waals surface area contributed by atoms with Crippen LogP contribution < -0.4 is 5.32 Å². The number of rotatable bonds is 5. The number of thiophene rings is 1. The van der Waals surface area contributed by atoms with Gasteiger partial charge in [0.15, 0.2) is 0 Å². The second kappa shape index (κ2) is 8.06.